The minimum Gasteiger partial charge on any atom is -0.460 e. The van der Waals surface area contributed by atoms with E-state index in [1.165, 1.54) is 4.57 Å². The summed E-state index contributed by atoms with van der Waals surface area (Å²) in [4.78, 5) is 17.4. The second kappa shape index (κ2) is 7.61. The number of furan rings is 1. The zero-order chi connectivity index (χ0) is 21.5. The third kappa shape index (κ3) is 3.48. The van der Waals surface area contributed by atoms with E-state index in [0.717, 1.165) is 16.7 Å². The first-order chi connectivity index (χ1) is 15.0. The molecule has 4 N–H and O–H groups in total. The molecular formula is C23H20ClN5O2. The predicted octanol–water partition coefficient (Wildman–Crippen LogP) is 3.60. The zero-order valence-corrected chi connectivity index (χ0v) is 17.4. The lowest BCUT2D eigenvalue weighted by atomic mass is 10.0. The van der Waals surface area contributed by atoms with Crippen molar-refractivity contribution in [1.29, 1.82) is 0 Å². The highest BCUT2D eigenvalue weighted by atomic mass is 35.5. The molecule has 0 saturated carbocycles. The number of nitrogens with one attached hydrogen (secondary N) is 2. The molecule has 0 bridgehead atoms. The van der Waals surface area contributed by atoms with Crippen molar-refractivity contribution in [3.05, 3.63) is 89.2 Å². The van der Waals surface area contributed by atoms with Crippen LogP contribution in [0.4, 0.5) is 0 Å². The Hall–Kier alpha value is -3.55. The van der Waals surface area contributed by atoms with Crippen molar-refractivity contribution in [2.45, 2.75) is 19.1 Å². The lowest BCUT2D eigenvalue weighted by molar-refractivity contribution is 0.0848. The van der Waals surface area contributed by atoms with Gasteiger partial charge >= 0.3 is 0 Å². The Balaban J connectivity index is 1.66. The third-order valence-corrected chi connectivity index (χ3v) is 5.57. The molecule has 0 fully saturated rings. The van der Waals surface area contributed by atoms with E-state index in [0.29, 0.717) is 27.7 Å². The van der Waals surface area contributed by atoms with E-state index in [1.54, 1.807) is 30.7 Å². The Kier molecular flexibility index (Phi) is 4.77. The van der Waals surface area contributed by atoms with Gasteiger partial charge in [-0.15, -0.1) is 0 Å². The highest BCUT2D eigenvalue weighted by Crippen LogP contribution is 2.32. The number of carbonyl (C=O) groups excluding carboxylic acids is 1. The molecule has 8 heteroatoms. The van der Waals surface area contributed by atoms with Gasteiger partial charge < -0.3 is 20.8 Å². The van der Waals surface area contributed by atoms with E-state index in [9.17, 15) is 4.79 Å². The Morgan fingerprint density at radius 2 is 1.94 bits per heavy atom. The van der Waals surface area contributed by atoms with E-state index < -0.39 is 12.2 Å². The normalized spacial score (nSPS) is 18.7. The van der Waals surface area contributed by atoms with Gasteiger partial charge in [0.05, 0.1) is 16.2 Å². The van der Waals surface area contributed by atoms with Gasteiger partial charge in [0.15, 0.2) is 5.76 Å². The second-order valence-corrected chi connectivity index (χ2v) is 7.82. The molecule has 1 aliphatic rings. The molecule has 1 aromatic carbocycles. The van der Waals surface area contributed by atoms with Crippen LogP contribution in [0.3, 0.4) is 0 Å². The van der Waals surface area contributed by atoms with Crippen molar-refractivity contribution >= 4 is 39.8 Å². The van der Waals surface area contributed by atoms with Crippen molar-refractivity contribution in [2.24, 2.45) is 5.73 Å². The van der Waals surface area contributed by atoms with Gasteiger partial charge in [0.2, 0.25) is 0 Å². The molecule has 2 unspecified atom stereocenters. The topological polar surface area (TPSA) is 98.1 Å². The largest absolute Gasteiger partial charge is 0.460 e. The molecule has 31 heavy (non-hydrogen) atoms. The first-order valence-corrected chi connectivity index (χ1v) is 10.2. The van der Waals surface area contributed by atoms with Crippen LogP contribution in [-0.4, -0.2) is 27.7 Å². The number of aromatic nitrogens is 2. The highest BCUT2D eigenvalue weighted by Gasteiger charge is 2.34. The first kappa shape index (κ1) is 19.4. The number of rotatable bonds is 3. The average Bonchev–Trinajstić information content (AvgIpc) is 3.45. The Labute approximate surface area is 183 Å². The number of pyridine rings is 1. The van der Waals surface area contributed by atoms with Gasteiger partial charge in [-0.2, -0.15) is 0 Å². The fourth-order valence-electron chi connectivity index (χ4n) is 3.78. The SMILES string of the molecule is Cc1ccc(C2=C(c3cc(Cl)c4ncccc4c3)NC(C(=O)n3cccc3)C(N)N2)o1. The van der Waals surface area contributed by atoms with Gasteiger partial charge in [0.1, 0.15) is 23.7 Å². The lowest BCUT2D eigenvalue weighted by Gasteiger charge is -2.34. The first-order valence-electron chi connectivity index (χ1n) is 9.83. The molecule has 0 spiro atoms. The van der Waals surface area contributed by atoms with Crippen LogP contribution in [0.1, 0.15) is 21.9 Å². The number of nitrogens with zero attached hydrogens (tertiary/aromatic N) is 2. The van der Waals surface area contributed by atoms with Crippen molar-refractivity contribution < 1.29 is 9.21 Å². The van der Waals surface area contributed by atoms with E-state index in [-0.39, 0.29) is 5.91 Å². The van der Waals surface area contributed by atoms with Crippen LogP contribution in [0.15, 0.2) is 71.5 Å². The van der Waals surface area contributed by atoms with Gasteiger partial charge in [-0.1, -0.05) is 17.7 Å². The fraction of sp³-hybridized carbons (Fsp3) is 0.130. The van der Waals surface area contributed by atoms with Crippen LogP contribution >= 0.6 is 11.6 Å². The molecule has 5 rings (SSSR count). The lowest BCUT2D eigenvalue weighted by Crippen LogP contribution is -2.60. The molecule has 1 aliphatic heterocycles. The second-order valence-electron chi connectivity index (χ2n) is 7.41. The molecule has 7 nitrogen and oxygen atoms in total. The number of nitrogens with two attached hydrogens (primary N) is 1. The molecule has 3 aromatic heterocycles. The molecule has 0 aliphatic carbocycles. The van der Waals surface area contributed by atoms with Crippen LogP contribution in [-0.2, 0) is 0 Å². The Morgan fingerprint density at radius 1 is 1.13 bits per heavy atom. The summed E-state index contributed by atoms with van der Waals surface area (Å²) >= 11 is 6.54. The van der Waals surface area contributed by atoms with Crippen LogP contribution in [0.2, 0.25) is 5.02 Å². The molecule has 4 aromatic rings. The smallest absolute Gasteiger partial charge is 0.256 e. The summed E-state index contributed by atoms with van der Waals surface area (Å²) in [5.41, 5.74) is 9.20. The summed E-state index contributed by atoms with van der Waals surface area (Å²) in [6.45, 7) is 1.87. The molecule has 0 radical (unpaired) electrons. The zero-order valence-electron chi connectivity index (χ0n) is 16.7. The number of aryl methyl sites for hydroxylation is 1. The highest BCUT2D eigenvalue weighted by molar-refractivity contribution is 6.35. The maximum atomic E-state index is 13.1. The quantitative estimate of drug-likeness (QED) is 0.456. The molecule has 156 valence electrons. The van der Waals surface area contributed by atoms with Crippen LogP contribution in [0.25, 0.3) is 22.3 Å². The Morgan fingerprint density at radius 3 is 2.68 bits per heavy atom. The maximum Gasteiger partial charge on any atom is 0.256 e. The summed E-state index contributed by atoms with van der Waals surface area (Å²) in [5.74, 6) is 1.21. The van der Waals surface area contributed by atoms with Gasteiger partial charge in [0, 0.05) is 29.5 Å². The monoisotopic (exact) mass is 433 g/mol. The summed E-state index contributed by atoms with van der Waals surface area (Å²) < 4.78 is 7.37. The molecule has 0 amide bonds. The molecule has 0 saturated heterocycles. The van der Waals surface area contributed by atoms with Crippen molar-refractivity contribution in [3.8, 4) is 0 Å². The number of hydrogen-bond donors (Lipinski definition) is 3. The van der Waals surface area contributed by atoms with Gasteiger partial charge in [0.25, 0.3) is 5.91 Å². The average molecular weight is 434 g/mol. The number of carbonyl (C=O) groups is 1. The minimum absolute atomic E-state index is 0.175. The summed E-state index contributed by atoms with van der Waals surface area (Å²) in [5, 5.41) is 8.00. The molecule has 2 atom stereocenters. The van der Waals surface area contributed by atoms with Crippen LogP contribution in [0.5, 0.6) is 0 Å². The summed E-state index contributed by atoms with van der Waals surface area (Å²) in [7, 11) is 0. The van der Waals surface area contributed by atoms with Gasteiger partial charge in [-0.05, 0) is 49.4 Å². The number of hydrogen-bond acceptors (Lipinski definition) is 6. The Bertz CT molecular complexity index is 1310. The van der Waals surface area contributed by atoms with E-state index in [1.807, 2.05) is 43.3 Å². The minimum atomic E-state index is -0.703. The van der Waals surface area contributed by atoms with E-state index in [2.05, 4.69) is 15.6 Å². The standard InChI is InChI=1S/C23H20ClN5O2/c1-13-6-7-17(31-13)20-19(15-11-14-5-4-8-26-18(14)16(24)12-15)27-21(22(25)28-20)23(30)29-9-2-3-10-29/h2-12,21-22,27-28H,25H2,1H3. The molecular weight excluding hydrogens is 414 g/mol. The van der Waals surface area contributed by atoms with Gasteiger partial charge in [-0.3, -0.25) is 14.3 Å². The van der Waals surface area contributed by atoms with Crippen molar-refractivity contribution in [3.63, 3.8) is 0 Å². The number of halogens is 1. The van der Waals surface area contributed by atoms with Crippen LogP contribution < -0.4 is 16.4 Å². The van der Waals surface area contributed by atoms with E-state index in [4.69, 9.17) is 21.8 Å². The predicted molar refractivity (Wildman–Crippen MR) is 120 cm³/mol. The van der Waals surface area contributed by atoms with Crippen LogP contribution in [0, 0.1) is 6.92 Å². The molecule has 4 heterocycles. The maximum absolute atomic E-state index is 13.1. The fourth-order valence-corrected chi connectivity index (χ4v) is 4.06. The van der Waals surface area contributed by atoms with E-state index >= 15 is 0 Å². The third-order valence-electron chi connectivity index (χ3n) is 5.28. The van der Waals surface area contributed by atoms with Crippen molar-refractivity contribution in [1.82, 2.24) is 20.2 Å². The summed E-state index contributed by atoms with van der Waals surface area (Å²) in [6, 6.07) is 14.2. The van der Waals surface area contributed by atoms with Gasteiger partial charge in [-0.25, -0.2) is 0 Å². The van der Waals surface area contributed by atoms with Crippen molar-refractivity contribution in [2.75, 3.05) is 0 Å². The summed E-state index contributed by atoms with van der Waals surface area (Å²) in [6.07, 6.45) is 4.43. The number of benzene rings is 1. The number of fused-ring (bicyclic) bond motifs is 1.